The van der Waals surface area contributed by atoms with E-state index in [1.807, 2.05) is 0 Å². The van der Waals surface area contributed by atoms with Gasteiger partial charge in [-0.2, -0.15) is 0 Å². The Morgan fingerprint density at radius 2 is 2.28 bits per heavy atom. The number of furan rings is 1. The van der Waals surface area contributed by atoms with E-state index in [-0.39, 0.29) is 5.76 Å². The van der Waals surface area contributed by atoms with Crippen LogP contribution in [-0.4, -0.2) is 42.8 Å². The molecule has 5 heteroatoms. The number of hydrogen-bond acceptors (Lipinski definition) is 4. The molecule has 1 N–H and O–H groups in total. The van der Waals surface area contributed by atoms with E-state index in [2.05, 4.69) is 4.90 Å². The van der Waals surface area contributed by atoms with Crippen molar-refractivity contribution in [3.63, 3.8) is 0 Å². The first-order chi connectivity index (χ1) is 8.70. The van der Waals surface area contributed by atoms with Crippen LogP contribution in [0.2, 0.25) is 0 Å². The molecule has 0 bridgehead atoms. The lowest BCUT2D eigenvalue weighted by atomic mass is 9.97. The van der Waals surface area contributed by atoms with Crippen LogP contribution in [0.3, 0.4) is 0 Å². The minimum Gasteiger partial charge on any atom is -0.475 e. The number of carboxylic acid groups (broad SMARTS) is 1. The molecule has 1 aromatic heterocycles. The van der Waals surface area contributed by atoms with E-state index in [4.69, 9.17) is 14.3 Å². The van der Waals surface area contributed by atoms with Gasteiger partial charge in [0.25, 0.3) is 0 Å². The van der Waals surface area contributed by atoms with E-state index in [0.717, 1.165) is 38.1 Å². The average Bonchev–Trinajstić information content (AvgIpc) is 2.80. The molecule has 2 heterocycles. The Morgan fingerprint density at radius 1 is 1.56 bits per heavy atom. The molecule has 0 atom stereocenters. The Hall–Kier alpha value is -1.33. The van der Waals surface area contributed by atoms with Gasteiger partial charge in [-0.3, -0.25) is 4.90 Å². The van der Waals surface area contributed by atoms with Crippen molar-refractivity contribution in [2.45, 2.75) is 19.4 Å². The van der Waals surface area contributed by atoms with Gasteiger partial charge in [0.2, 0.25) is 5.76 Å². The predicted molar refractivity (Wildman–Crippen MR) is 65.5 cm³/mol. The molecule has 0 spiro atoms. The quantitative estimate of drug-likeness (QED) is 0.867. The standard InChI is InChI=1S/C13H19NO4/c1-17-9-10-2-5-14(6-3-10)8-11-4-7-18-12(11)13(15)16/h4,7,10H,2-3,5-6,8-9H2,1H3,(H,15,16). The highest BCUT2D eigenvalue weighted by Gasteiger charge is 2.21. The molecule has 0 aliphatic carbocycles. The van der Waals surface area contributed by atoms with E-state index in [1.165, 1.54) is 6.26 Å². The van der Waals surface area contributed by atoms with Crippen molar-refractivity contribution in [2.75, 3.05) is 26.8 Å². The second-order valence-corrected chi connectivity index (χ2v) is 4.75. The summed E-state index contributed by atoms with van der Waals surface area (Å²) in [4.78, 5) is 13.2. The third-order valence-corrected chi connectivity index (χ3v) is 3.44. The third-order valence-electron chi connectivity index (χ3n) is 3.44. The number of methoxy groups -OCH3 is 1. The molecule has 0 saturated carbocycles. The highest BCUT2D eigenvalue weighted by molar-refractivity contribution is 5.86. The van der Waals surface area contributed by atoms with Gasteiger partial charge in [-0.05, 0) is 37.9 Å². The molecule has 0 radical (unpaired) electrons. The molecule has 1 saturated heterocycles. The lowest BCUT2D eigenvalue weighted by Crippen LogP contribution is -2.34. The summed E-state index contributed by atoms with van der Waals surface area (Å²) < 4.78 is 10.1. The summed E-state index contributed by atoms with van der Waals surface area (Å²) in [6.07, 6.45) is 3.65. The Balaban J connectivity index is 1.88. The first kappa shape index (κ1) is 13.1. The van der Waals surface area contributed by atoms with Crippen LogP contribution in [0, 0.1) is 5.92 Å². The monoisotopic (exact) mass is 253 g/mol. The molecule has 0 aromatic carbocycles. The van der Waals surface area contributed by atoms with Crippen molar-refractivity contribution in [1.82, 2.24) is 4.90 Å². The van der Waals surface area contributed by atoms with Crippen molar-refractivity contribution in [1.29, 1.82) is 0 Å². The first-order valence-electron chi connectivity index (χ1n) is 6.21. The maximum absolute atomic E-state index is 10.9. The van der Waals surface area contributed by atoms with Crippen molar-refractivity contribution in [3.05, 3.63) is 23.7 Å². The molecular weight excluding hydrogens is 234 g/mol. The summed E-state index contributed by atoms with van der Waals surface area (Å²) in [5, 5.41) is 8.97. The second kappa shape index (κ2) is 6.02. The molecule has 5 nitrogen and oxygen atoms in total. The lowest BCUT2D eigenvalue weighted by molar-refractivity contribution is 0.0656. The van der Waals surface area contributed by atoms with E-state index >= 15 is 0 Å². The van der Waals surface area contributed by atoms with E-state index < -0.39 is 5.97 Å². The maximum atomic E-state index is 10.9. The Labute approximate surface area is 106 Å². The predicted octanol–water partition coefficient (Wildman–Crippen LogP) is 1.84. The van der Waals surface area contributed by atoms with Gasteiger partial charge in [0.15, 0.2) is 0 Å². The van der Waals surface area contributed by atoms with Crippen LogP contribution in [0.15, 0.2) is 16.7 Å². The third kappa shape index (κ3) is 3.11. The average molecular weight is 253 g/mol. The minimum absolute atomic E-state index is 0.0639. The number of piperidine rings is 1. The van der Waals surface area contributed by atoms with E-state index in [1.54, 1.807) is 13.2 Å². The van der Waals surface area contributed by atoms with Gasteiger partial charge in [-0.25, -0.2) is 4.79 Å². The van der Waals surface area contributed by atoms with Crippen LogP contribution in [0.25, 0.3) is 0 Å². The van der Waals surface area contributed by atoms with Gasteiger partial charge in [-0.1, -0.05) is 0 Å². The van der Waals surface area contributed by atoms with Crippen LogP contribution >= 0.6 is 0 Å². The van der Waals surface area contributed by atoms with Gasteiger partial charge in [-0.15, -0.1) is 0 Å². The number of likely N-dealkylation sites (tertiary alicyclic amines) is 1. The largest absolute Gasteiger partial charge is 0.475 e. The van der Waals surface area contributed by atoms with E-state index in [0.29, 0.717) is 12.5 Å². The van der Waals surface area contributed by atoms with Crippen LogP contribution in [0.1, 0.15) is 29.0 Å². The Kier molecular flexibility index (Phi) is 4.38. The molecule has 18 heavy (non-hydrogen) atoms. The lowest BCUT2D eigenvalue weighted by Gasteiger charge is -2.31. The summed E-state index contributed by atoms with van der Waals surface area (Å²) in [5.41, 5.74) is 0.757. The number of rotatable bonds is 5. The SMILES string of the molecule is COCC1CCN(Cc2ccoc2C(=O)O)CC1. The topological polar surface area (TPSA) is 62.9 Å². The summed E-state index contributed by atoms with van der Waals surface area (Å²) in [6.45, 7) is 3.44. The Bertz CT molecular complexity index is 393. The maximum Gasteiger partial charge on any atom is 0.372 e. The number of hydrogen-bond donors (Lipinski definition) is 1. The zero-order valence-corrected chi connectivity index (χ0v) is 10.6. The number of carbonyl (C=O) groups is 1. The van der Waals surface area contributed by atoms with Crippen molar-refractivity contribution < 1.29 is 19.1 Å². The van der Waals surface area contributed by atoms with Gasteiger partial charge in [0.1, 0.15) is 0 Å². The smallest absolute Gasteiger partial charge is 0.372 e. The molecule has 2 rings (SSSR count). The highest BCUT2D eigenvalue weighted by Crippen LogP contribution is 2.20. The molecule has 1 fully saturated rings. The van der Waals surface area contributed by atoms with Crippen LogP contribution in [0.4, 0.5) is 0 Å². The van der Waals surface area contributed by atoms with Crippen LogP contribution in [0.5, 0.6) is 0 Å². The molecule has 1 aliphatic heterocycles. The second-order valence-electron chi connectivity index (χ2n) is 4.75. The normalized spacial score (nSPS) is 18.1. The fourth-order valence-corrected chi connectivity index (χ4v) is 2.44. The van der Waals surface area contributed by atoms with Crippen molar-refractivity contribution in [2.24, 2.45) is 5.92 Å². The van der Waals surface area contributed by atoms with Crippen LogP contribution < -0.4 is 0 Å². The van der Waals surface area contributed by atoms with Gasteiger partial charge in [0, 0.05) is 25.8 Å². The zero-order valence-electron chi connectivity index (χ0n) is 10.6. The van der Waals surface area contributed by atoms with Gasteiger partial charge >= 0.3 is 5.97 Å². The van der Waals surface area contributed by atoms with Crippen LogP contribution in [-0.2, 0) is 11.3 Å². The molecule has 1 aromatic rings. The summed E-state index contributed by atoms with van der Waals surface area (Å²) in [5.74, 6) is -0.298. The van der Waals surface area contributed by atoms with Gasteiger partial charge < -0.3 is 14.3 Å². The molecule has 100 valence electrons. The number of nitrogens with zero attached hydrogens (tertiary/aromatic N) is 1. The molecule has 0 unspecified atom stereocenters. The zero-order chi connectivity index (χ0) is 13.0. The van der Waals surface area contributed by atoms with E-state index in [9.17, 15) is 4.79 Å². The fourth-order valence-electron chi connectivity index (χ4n) is 2.44. The molecular formula is C13H19NO4. The summed E-state index contributed by atoms with van der Waals surface area (Å²) in [6, 6.07) is 1.74. The summed E-state index contributed by atoms with van der Waals surface area (Å²) >= 11 is 0. The minimum atomic E-state index is -0.996. The number of carboxylic acids is 1. The van der Waals surface area contributed by atoms with Crippen molar-refractivity contribution >= 4 is 5.97 Å². The first-order valence-corrected chi connectivity index (χ1v) is 6.21. The fraction of sp³-hybridized carbons (Fsp3) is 0.615. The van der Waals surface area contributed by atoms with Crippen molar-refractivity contribution in [3.8, 4) is 0 Å². The van der Waals surface area contributed by atoms with Gasteiger partial charge in [0.05, 0.1) is 6.26 Å². The summed E-state index contributed by atoms with van der Waals surface area (Å²) in [7, 11) is 1.73. The number of ether oxygens (including phenoxy) is 1. The number of aromatic carboxylic acids is 1. The highest BCUT2D eigenvalue weighted by atomic mass is 16.5. The molecule has 1 aliphatic rings. The Morgan fingerprint density at radius 3 is 2.89 bits per heavy atom. The molecule has 0 amide bonds.